The summed E-state index contributed by atoms with van der Waals surface area (Å²) in [5.74, 6) is -0.222. The van der Waals surface area contributed by atoms with Gasteiger partial charge >= 0.3 is 0 Å². The van der Waals surface area contributed by atoms with Crippen LogP contribution in [0, 0.1) is 5.82 Å². The van der Waals surface area contributed by atoms with Crippen LogP contribution >= 0.6 is 0 Å². The van der Waals surface area contributed by atoms with E-state index in [2.05, 4.69) is 9.80 Å². The van der Waals surface area contributed by atoms with Crippen LogP contribution in [0.2, 0.25) is 0 Å². The zero-order chi connectivity index (χ0) is 13.1. The Morgan fingerprint density at radius 1 is 1.33 bits per heavy atom. The molecule has 0 bridgehead atoms. The Bertz CT molecular complexity index is 411. The van der Waals surface area contributed by atoms with Crippen molar-refractivity contribution in [3.05, 3.63) is 24.0 Å². The number of halogens is 1. The van der Waals surface area contributed by atoms with Crippen LogP contribution in [0.3, 0.4) is 0 Å². The van der Waals surface area contributed by atoms with Crippen LogP contribution in [0.4, 0.5) is 15.8 Å². The molecule has 0 amide bonds. The molecule has 0 spiro atoms. The van der Waals surface area contributed by atoms with Crippen molar-refractivity contribution in [2.24, 2.45) is 0 Å². The summed E-state index contributed by atoms with van der Waals surface area (Å²) in [6.07, 6.45) is 1.38. The second-order valence-electron chi connectivity index (χ2n) is 4.92. The van der Waals surface area contributed by atoms with E-state index in [-0.39, 0.29) is 11.9 Å². The predicted molar refractivity (Wildman–Crippen MR) is 72.8 cm³/mol. The molecule has 0 saturated carbocycles. The lowest BCUT2D eigenvalue weighted by Crippen LogP contribution is -2.32. The third-order valence-corrected chi connectivity index (χ3v) is 3.51. The van der Waals surface area contributed by atoms with Crippen molar-refractivity contribution in [1.29, 1.82) is 0 Å². The van der Waals surface area contributed by atoms with Crippen LogP contribution < -0.4 is 9.80 Å². The molecule has 0 fully saturated rings. The molecule has 1 N–H and O–H groups in total. The highest BCUT2D eigenvalue weighted by Gasteiger charge is 2.20. The van der Waals surface area contributed by atoms with Gasteiger partial charge in [-0.1, -0.05) is 6.92 Å². The molecular formula is C14H21FN2O. The quantitative estimate of drug-likeness (QED) is 0.893. The molecule has 2 rings (SSSR count). The molecule has 0 radical (unpaired) electrons. The number of aliphatic hydroxyl groups excluding tert-OH is 1. The average molecular weight is 252 g/mol. The minimum absolute atomic E-state index is 0.222. The first-order valence-electron chi connectivity index (χ1n) is 6.55. The van der Waals surface area contributed by atoms with Gasteiger partial charge in [0.15, 0.2) is 0 Å². The number of hydrogen-bond acceptors (Lipinski definition) is 3. The molecule has 1 heterocycles. The summed E-state index contributed by atoms with van der Waals surface area (Å²) in [5.41, 5.74) is 1.93. The fourth-order valence-electron chi connectivity index (χ4n) is 2.39. The van der Waals surface area contributed by atoms with Crippen molar-refractivity contribution >= 4 is 11.4 Å². The standard InChI is InChI=1S/C14H21FN2O/c1-3-12(18)10-17-8-4-7-16(2)13-6-5-11(15)9-14(13)17/h5-6,9,12,18H,3-4,7-8,10H2,1-2H3/t12-/m1/s1. The molecule has 4 heteroatoms. The third-order valence-electron chi connectivity index (χ3n) is 3.51. The Kier molecular flexibility index (Phi) is 4.07. The van der Waals surface area contributed by atoms with Gasteiger partial charge in [0, 0.05) is 26.7 Å². The van der Waals surface area contributed by atoms with Gasteiger partial charge in [0.05, 0.1) is 17.5 Å². The third kappa shape index (κ3) is 2.75. The minimum Gasteiger partial charge on any atom is -0.391 e. The monoisotopic (exact) mass is 252 g/mol. The fraction of sp³-hybridized carbons (Fsp3) is 0.571. The molecule has 0 aromatic heterocycles. The first kappa shape index (κ1) is 13.1. The number of β-amino-alcohol motifs (C(OH)–C–C–N with tert-alkyl or cyclic N) is 1. The van der Waals surface area contributed by atoms with Crippen molar-refractivity contribution in [3.8, 4) is 0 Å². The molecule has 0 aliphatic carbocycles. The van der Waals surface area contributed by atoms with E-state index in [9.17, 15) is 9.50 Å². The van der Waals surface area contributed by atoms with E-state index in [0.717, 1.165) is 37.3 Å². The van der Waals surface area contributed by atoms with Crippen LogP contribution in [-0.4, -0.2) is 37.9 Å². The lowest BCUT2D eigenvalue weighted by Gasteiger charge is -2.27. The zero-order valence-corrected chi connectivity index (χ0v) is 11.1. The summed E-state index contributed by atoms with van der Waals surface area (Å²) in [5, 5.41) is 9.81. The van der Waals surface area contributed by atoms with E-state index in [0.29, 0.717) is 6.54 Å². The van der Waals surface area contributed by atoms with E-state index in [1.807, 2.05) is 20.0 Å². The van der Waals surface area contributed by atoms with Gasteiger partial charge in [-0.05, 0) is 31.0 Å². The van der Waals surface area contributed by atoms with Gasteiger partial charge in [-0.2, -0.15) is 0 Å². The Hall–Kier alpha value is -1.29. The molecular weight excluding hydrogens is 231 g/mol. The normalized spacial score (nSPS) is 17.3. The lowest BCUT2D eigenvalue weighted by atomic mass is 10.2. The molecule has 1 aromatic carbocycles. The van der Waals surface area contributed by atoms with Crippen LogP contribution in [0.25, 0.3) is 0 Å². The van der Waals surface area contributed by atoms with E-state index >= 15 is 0 Å². The number of fused-ring (bicyclic) bond motifs is 1. The van der Waals surface area contributed by atoms with E-state index in [4.69, 9.17) is 0 Å². The first-order chi connectivity index (χ1) is 8.61. The Labute approximate surface area is 108 Å². The summed E-state index contributed by atoms with van der Waals surface area (Å²) in [7, 11) is 2.02. The second kappa shape index (κ2) is 5.57. The van der Waals surface area contributed by atoms with E-state index in [1.54, 1.807) is 6.07 Å². The number of benzene rings is 1. The Morgan fingerprint density at radius 2 is 2.11 bits per heavy atom. The number of anilines is 2. The van der Waals surface area contributed by atoms with Crippen molar-refractivity contribution in [2.75, 3.05) is 36.5 Å². The van der Waals surface area contributed by atoms with Gasteiger partial charge in [0.2, 0.25) is 0 Å². The van der Waals surface area contributed by atoms with Crippen molar-refractivity contribution in [2.45, 2.75) is 25.9 Å². The molecule has 0 unspecified atom stereocenters. The maximum atomic E-state index is 13.4. The highest BCUT2D eigenvalue weighted by molar-refractivity contribution is 5.72. The SMILES string of the molecule is CC[C@@H](O)CN1CCCN(C)c2ccc(F)cc21. The molecule has 1 aliphatic heterocycles. The van der Waals surface area contributed by atoms with Gasteiger partial charge in [-0.25, -0.2) is 4.39 Å². The highest BCUT2D eigenvalue weighted by Crippen LogP contribution is 2.32. The maximum Gasteiger partial charge on any atom is 0.125 e. The fourth-order valence-corrected chi connectivity index (χ4v) is 2.39. The van der Waals surface area contributed by atoms with Crippen molar-refractivity contribution in [1.82, 2.24) is 0 Å². The summed E-state index contributed by atoms with van der Waals surface area (Å²) >= 11 is 0. The molecule has 1 atom stereocenters. The Balaban J connectivity index is 2.32. The number of hydrogen-bond donors (Lipinski definition) is 1. The van der Waals surface area contributed by atoms with Crippen molar-refractivity contribution in [3.63, 3.8) is 0 Å². The van der Waals surface area contributed by atoms with Gasteiger partial charge in [0.25, 0.3) is 0 Å². The predicted octanol–water partition coefficient (Wildman–Crippen LogP) is 2.24. The topological polar surface area (TPSA) is 26.7 Å². The molecule has 0 saturated heterocycles. The van der Waals surface area contributed by atoms with Crippen molar-refractivity contribution < 1.29 is 9.50 Å². The summed E-state index contributed by atoms with van der Waals surface area (Å²) in [6, 6.07) is 4.88. The number of nitrogens with zero attached hydrogens (tertiary/aromatic N) is 2. The van der Waals surface area contributed by atoms with Crippen LogP contribution in [0.5, 0.6) is 0 Å². The second-order valence-corrected chi connectivity index (χ2v) is 4.92. The average Bonchev–Trinajstić information content (AvgIpc) is 2.50. The lowest BCUT2D eigenvalue weighted by molar-refractivity contribution is 0.175. The van der Waals surface area contributed by atoms with Gasteiger partial charge in [-0.3, -0.25) is 0 Å². The maximum absolute atomic E-state index is 13.4. The zero-order valence-electron chi connectivity index (χ0n) is 11.1. The van der Waals surface area contributed by atoms with Gasteiger partial charge in [-0.15, -0.1) is 0 Å². The molecule has 100 valence electrons. The van der Waals surface area contributed by atoms with E-state index < -0.39 is 0 Å². The van der Waals surface area contributed by atoms with Crippen LogP contribution in [0.15, 0.2) is 18.2 Å². The van der Waals surface area contributed by atoms with Gasteiger partial charge < -0.3 is 14.9 Å². The van der Waals surface area contributed by atoms with Crippen LogP contribution in [-0.2, 0) is 0 Å². The molecule has 18 heavy (non-hydrogen) atoms. The number of rotatable bonds is 3. The Morgan fingerprint density at radius 3 is 2.83 bits per heavy atom. The summed E-state index contributed by atoms with van der Waals surface area (Å²) in [4.78, 5) is 4.24. The largest absolute Gasteiger partial charge is 0.391 e. The highest BCUT2D eigenvalue weighted by atomic mass is 19.1. The first-order valence-corrected chi connectivity index (χ1v) is 6.55. The molecule has 1 aromatic rings. The number of aliphatic hydroxyl groups is 1. The summed E-state index contributed by atoms with van der Waals surface area (Å²) < 4.78 is 13.4. The van der Waals surface area contributed by atoms with E-state index in [1.165, 1.54) is 6.07 Å². The summed E-state index contributed by atoms with van der Waals surface area (Å²) in [6.45, 7) is 4.34. The molecule has 1 aliphatic rings. The minimum atomic E-state index is -0.357. The van der Waals surface area contributed by atoms with Gasteiger partial charge in [0.1, 0.15) is 5.82 Å². The van der Waals surface area contributed by atoms with Crippen LogP contribution in [0.1, 0.15) is 19.8 Å². The molecule has 3 nitrogen and oxygen atoms in total. The smallest absolute Gasteiger partial charge is 0.125 e.